The van der Waals surface area contributed by atoms with Gasteiger partial charge in [0.2, 0.25) is 5.91 Å². The molecule has 0 atom stereocenters. The molecule has 1 fully saturated rings. The van der Waals surface area contributed by atoms with E-state index in [2.05, 4.69) is 10.2 Å². The molecule has 1 aromatic carbocycles. The summed E-state index contributed by atoms with van der Waals surface area (Å²) in [6.07, 6.45) is 1.34. The van der Waals surface area contributed by atoms with Crippen LogP contribution in [0.25, 0.3) is 0 Å². The molecule has 1 aliphatic rings. The maximum atomic E-state index is 13.2. The number of amides is 1. The Labute approximate surface area is 142 Å². The molecule has 0 unspecified atom stereocenters. The average molecular weight is 351 g/mol. The van der Waals surface area contributed by atoms with Crippen LogP contribution in [-0.4, -0.2) is 40.6 Å². The third kappa shape index (κ3) is 3.26. The molecule has 1 aliphatic heterocycles. The Balaban J connectivity index is 1.74. The number of H-pyrrole nitrogens is 1. The van der Waals surface area contributed by atoms with Crippen LogP contribution in [0.1, 0.15) is 11.1 Å². The maximum absolute atomic E-state index is 13.2. The molecule has 1 amide bonds. The number of piperazine rings is 1. The first kappa shape index (κ1) is 16.4. The van der Waals surface area contributed by atoms with Crippen LogP contribution in [0.15, 0.2) is 29.2 Å². The number of halogens is 2. The molecule has 2 aromatic rings. The van der Waals surface area contributed by atoms with Crippen molar-refractivity contribution in [1.82, 2.24) is 15.1 Å². The Kier molecular flexibility index (Phi) is 4.53. The van der Waals surface area contributed by atoms with Crippen molar-refractivity contribution in [1.29, 1.82) is 0 Å². The van der Waals surface area contributed by atoms with Crippen LogP contribution in [0.5, 0.6) is 0 Å². The molecule has 3 rings (SSSR count). The number of nitrogens with zero attached hydrogens (tertiary/aromatic N) is 3. The van der Waals surface area contributed by atoms with Crippen LogP contribution >= 0.6 is 11.6 Å². The van der Waals surface area contributed by atoms with E-state index in [1.807, 2.05) is 6.92 Å². The molecule has 0 spiro atoms. The van der Waals surface area contributed by atoms with Gasteiger partial charge in [-0.1, -0.05) is 17.7 Å². The van der Waals surface area contributed by atoms with Crippen molar-refractivity contribution < 1.29 is 9.18 Å². The zero-order valence-electron chi connectivity index (χ0n) is 13.1. The number of benzene rings is 1. The van der Waals surface area contributed by atoms with Gasteiger partial charge in [0.05, 0.1) is 17.8 Å². The molecule has 24 heavy (non-hydrogen) atoms. The molecule has 0 aliphatic carbocycles. The SMILES string of the molecule is Cc1cc(F)ccc1CN1CCN(c2c(Cl)cn[nH]c2=O)CC1=O. The number of hydrogen-bond donors (Lipinski definition) is 1. The minimum atomic E-state index is -0.418. The number of aromatic nitrogens is 2. The summed E-state index contributed by atoms with van der Waals surface area (Å²) in [6.45, 7) is 3.23. The number of nitrogens with one attached hydrogen (secondary N) is 1. The number of rotatable bonds is 3. The predicted octanol–water partition coefficient (Wildman–Crippen LogP) is 1.72. The minimum Gasteiger partial charge on any atom is -0.355 e. The van der Waals surface area contributed by atoms with Crippen LogP contribution in [0.3, 0.4) is 0 Å². The summed E-state index contributed by atoms with van der Waals surface area (Å²) in [4.78, 5) is 27.7. The van der Waals surface area contributed by atoms with Gasteiger partial charge in [0.25, 0.3) is 5.56 Å². The summed E-state index contributed by atoms with van der Waals surface area (Å²) in [5.74, 6) is -0.406. The minimum absolute atomic E-state index is 0.0626. The molecule has 1 aromatic heterocycles. The van der Waals surface area contributed by atoms with Crippen molar-refractivity contribution in [3.05, 3.63) is 56.7 Å². The van der Waals surface area contributed by atoms with Gasteiger partial charge < -0.3 is 9.80 Å². The van der Waals surface area contributed by atoms with Gasteiger partial charge in [-0.3, -0.25) is 9.59 Å². The first-order valence-electron chi connectivity index (χ1n) is 7.46. The largest absolute Gasteiger partial charge is 0.355 e. The van der Waals surface area contributed by atoms with Gasteiger partial charge in [-0.2, -0.15) is 5.10 Å². The summed E-state index contributed by atoms with van der Waals surface area (Å²) in [7, 11) is 0. The Morgan fingerprint density at radius 3 is 2.79 bits per heavy atom. The van der Waals surface area contributed by atoms with Crippen molar-refractivity contribution in [2.24, 2.45) is 0 Å². The first-order valence-corrected chi connectivity index (χ1v) is 7.84. The second-order valence-electron chi connectivity index (χ2n) is 5.70. The smallest absolute Gasteiger partial charge is 0.289 e. The van der Waals surface area contributed by atoms with Gasteiger partial charge in [-0.25, -0.2) is 9.49 Å². The number of aromatic amines is 1. The molecular weight excluding hydrogens is 335 g/mol. The molecule has 0 bridgehead atoms. The molecular formula is C16H16ClFN4O2. The summed E-state index contributed by atoms with van der Waals surface area (Å²) >= 11 is 6.03. The predicted molar refractivity (Wildman–Crippen MR) is 88.6 cm³/mol. The van der Waals surface area contributed by atoms with E-state index in [4.69, 9.17) is 11.6 Å². The van der Waals surface area contributed by atoms with E-state index in [9.17, 15) is 14.0 Å². The Morgan fingerprint density at radius 2 is 2.12 bits per heavy atom. The monoisotopic (exact) mass is 350 g/mol. The highest BCUT2D eigenvalue weighted by Crippen LogP contribution is 2.22. The van der Waals surface area contributed by atoms with E-state index in [1.165, 1.54) is 18.3 Å². The third-order valence-corrected chi connectivity index (χ3v) is 4.36. The summed E-state index contributed by atoms with van der Waals surface area (Å²) < 4.78 is 13.2. The van der Waals surface area contributed by atoms with E-state index in [0.29, 0.717) is 19.6 Å². The summed E-state index contributed by atoms with van der Waals surface area (Å²) in [5.41, 5.74) is 1.55. The zero-order chi connectivity index (χ0) is 17.3. The van der Waals surface area contributed by atoms with Crippen molar-refractivity contribution in [3.8, 4) is 0 Å². The molecule has 126 valence electrons. The van der Waals surface area contributed by atoms with E-state index in [0.717, 1.165) is 11.1 Å². The highest BCUT2D eigenvalue weighted by atomic mass is 35.5. The van der Waals surface area contributed by atoms with Crippen molar-refractivity contribution in [2.45, 2.75) is 13.5 Å². The van der Waals surface area contributed by atoms with Crippen molar-refractivity contribution in [2.75, 3.05) is 24.5 Å². The Hall–Kier alpha value is -2.41. The van der Waals surface area contributed by atoms with Gasteiger partial charge in [-0.15, -0.1) is 0 Å². The van der Waals surface area contributed by atoms with Crippen molar-refractivity contribution in [3.63, 3.8) is 0 Å². The van der Waals surface area contributed by atoms with Gasteiger partial charge >= 0.3 is 0 Å². The van der Waals surface area contributed by atoms with Crippen LogP contribution in [0.2, 0.25) is 5.02 Å². The lowest BCUT2D eigenvalue weighted by Crippen LogP contribution is -2.51. The van der Waals surface area contributed by atoms with Crippen molar-refractivity contribution >= 4 is 23.2 Å². The number of carbonyl (C=O) groups is 1. The van der Waals surface area contributed by atoms with Crippen LogP contribution < -0.4 is 10.5 Å². The fraction of sp³-hybridized carbons (Fsp3) is 0.312. The molecule has 1 N–H and O–H groups in total. The first-order chi connectivity index (χ1) is 11.5. The average Bonchev–Trinajstić information content (AvgIpc) is 2.52. The second kappa shape index (κ2) is 6.60. The number of anilines is 1. The van der Waals surface area contributed by atoms with E-state index < -0.39 is 5.56 Å². The van der Waals surface area contributed by atoms with E-state index in [1.54, 1.807) is 15.9 Å². The maximum Gasteiger partial charge on any atom is 0.289 e. The normalized spacial score (nSPS) is 15.0. The fourth-order valence-electron chi connectivity index (χ4n) is 2.77. The molecule has 0 saturated carbocycles. The lowest BCUT2D eigenvalue weighted by molar-refractivity contribution is -0.131. The van der Waals surface area contributed by atoms with E-state index in [-0.39, 0.29) is 29.0 Å². The standard InChI is InChI=1S/C16H16ClFN4O2/c1-10-6-12(18)3-2-11(10)8-21-4-5-22(9-14(21)23)15-13(17)7-19-20-16(15)24/h2-3,6-7H,4-5,8-9H2,1H3,(H,20,24). The van der Waals surface area contributed by atoms with Crippen LogP contribution in [0.4, 0.5) is 10.1 Å². The second-order valence-corrected chi connectivity index (χ2v) is 6.11. The number of carbonyl (C=O) groups excluding carboxylic acids is 1. The van der Waals surface area contributed by atoms with Gasteiger partial charge in [0, 0.05) is 19.6 Å². The lowest BCUT2D eigenvalue weighted by Gasteiger charge is -2.35. The molecule has 0 radical (unpaired) electrons. The lowest BCUT2D eigenvalue weighted by atomic mass is 10.1. The number of hydrogen-bond acceptors (Lipinski definition) is 4. The van der Waals surface area contributed by atoms with Crippen LogP contribution in [-0.2, 0) is 11.3 Å². The highest BCUT2D eigenvalue weighted by molar-refractivity contribution is 6.33. The Bertz CT molecular complexity index is 839. The molecule has 8 heteroatoms. The van der Waals surface area contributed by atoms with Gasteiger partial charge in [0.15, 0.2) is 0 Å². The summed E-state index contributed by atoms with van der Waals surface area (Å²) in [6, 6.07) is 4.53. The molecule has 2 heterocycles. The van der Waals surface area contributed by atoms with Gasteiger partial charge in [-0.05, 0) is 30.2 Å². The molecule has 1 saturated heterocycles. The fourth-order valence-corrected chi connectivity index (χ4v) is 3.03. The zero-order valence-corrected chi connectivity index (χ0v) is 13.8. The summed E-state index contributed by atoms with van der Waals surface area (Å²) in [5, 5.41) is 6.17. The number of aryl methyl sites for hydroxylation is 1. The topological polar surface area (TPSA) is 69.3 Å². The molecule has 6 nitrogen and oxygen atoms in total. The van der Waals surface area contributed by atoms with Gasteiger partial charge in [0.1, 0.15) is 11.5 Å². The Morgan fingerprint density at radius 1 is 1.33 bits per heavy atom. The van der Waals surface area contributed by atoms with Crippen LogP contribution in [0, 0.1) is 12.7 Å². The quantitative estimate of drug-likeness (QED) is 0.915. The highest BCUT2D eigenvalue weighted by Gasteiger charge is 2.27. The van der Waals surface area contributed by atoms with E-state index >= 15 is 0 Å². The third-order valence-electron chi connectivity index (χ3n) is 4.09.